The van der Waals surface area contributed by atoms with E-state index in [0.29, 0.717) is 12.5 Å². The van der Waals surface area contributed by atoms with Gasteiger partial charge in [0, 0.05) is 22.5 Å². The summed E-state index contributed by atoms with van der Waals surface area (Å²) < 4.78 is 0.993. The van der Waals surface area contributed by atoms with Crippen LogP contribution in [0.15, 0.2) is 28.7 Å². The SMILES string of the molecule is O=C(CCCN1CCCC1CO)c1ccc(Br)cc1. The first-order chi connectivity index (χ1) is 9.20. The number of carbonyl (C=O) groups is 1. The molecule has 0 spiro atoms. The van der Waals surface area contributed by atoms with Gasteiger partial charge in [0.25, 0.3) is 0 Å². The second kappa shape index (κ2) is 7.17. The zero-order valence-electron chi connectivity index (χ0n) is 11.0. The van der Waals surface area contributed by atoms with Gasteiger partial charge in [-0.15, -0.1) is 0 Å². The van der Waals surface area contributed by atoms with Gasteiger partial charge in [0.1, 0.15) is 0 Å². The Balaban J connectivity index is 1.76. The van der Waals surface area contributed by atoms with E-state index < -0.39 is 0 Å². The van der Waals surface area contributed by atoms with E-state index in [0.717, 1.165) is 42.4 Å². The smallest absolute Gasteiger partial charge is 0.162 e. The number of aliphatic hydroxyl groups excluding tert-OH is 1. The Morgan fingerprint density at radius 2 is 2.11 bits per heavy atom. The molecule has 1 fully saturated rings. The van der Waals surface area contributed by atoms with Gasteiger partial charge in [-0.05, 0) is 44.5 Å². The van der Waals surface area contributed by atoms with Gasteiger partial charge in [0.15, 0.2) is 5.78 Å². The molecule has 104 valence electrons. The summed E-state index contributed by atoms with van der Waals surface area (Å²) in [5, 5.41) is 9.24. The summed E-state index contributed by atoms with van der Waals surface area (Å²) in [5.74, 6) is 0.201. The molecule has 0 aliphatic carbocycles. The van der Waals surface area contributed by atoms with E-state index in [1.54, 1.807) is 0 Å². The molecular formula is C15H20BrNO2. The molecule has 1 aromatic carbocycles. The fourth-order valence-corrected chi connectivity index (χ4v) is 2.88. The molecule has 0 radical (unpaired) electrons. The predicted molar refractivity (Wildman–Crippen MR) is 79.4 cm³/mol. The summed E-state index contributed by atoms with van der Waals surface area (Å²) >= 11 is 3.36. The normalized spacial score (nSPS) is 19.8. The van der Waals surface area contributed by atoms with Crippen LogP contribution < -0.4 is 0 Å². The zero-order valence-corrected chi connectivity index (χ0v) is 12.6. The largest absolute Gasteiger partial charge is 0.395 e. The Morgan fingerprint density at radius 3 is 2.79 bits per heavy atom. The van der Waals surface area contributed by atoms with E-state index >= 15 is 0 Å². The van der Waals surface area contributed by atoms with Gasteiger partial charge in [-0.1, -0.05) is 28.1 Å². The standard InChI is InChI=1S/C15H20BrNO2/c16-13-7-5-12(6-8-13)15(19)4-2-10-17-9-1-3-14(17)11-18/h5-8,14,18H,1-4,9-11H2. The van der Waals surface area contributed by atoms with Crippen molar-refractivity contribution in [2.24, 2.45) is 0 Å². The Bertz CT molecular complexity index is 419. The van der Waals surface area contributed by atoms with Crippen LogP contribution in [0.2, 0.25) is 0 Å². The van der Waals surface area contributed by atoms with E-state index in [1.165, 1.54) is 0 Å². The van der Waals surface area contributed by atoms with Crippen molar-refractivity contribution in [2.75, 3.05) is 19.7 Å². The van der Waals surface area contributed by atoms with Crippen LogP contribution in [0.1, 0.15) is 36.0 Å². The van der Waals surface area contributed by atoms with E-state index in [-0.39, 0.29) is 12.4 Å². The molecule has 1 heterocycles. The fraction of sp³-hybridized carbons (Fsp3) is 0.533. The molecule has 0 bridgehead atoms. The summed E-state index contributed by atoms with van der Waals surface area (Å²) in [6.07, 6.45) is 3.69. The van der Waals surface area contributed by atoms with E-state index in [9.17, 15) is 9.90 Å². The number of halogens is 1. The monoisotopic (exact) mass is 325 g/mol. The number of benzene rings is 1. The molecule has 0 aromatic heterocycles. The lowest BCUT2D eigenvalue weighted by atomic mass is 10.1. The molecule has 1 unspecified atom stereocenters. The molecule has 1 atom stereocenters. The van der Waals surface area contributed by atoms with Crippen molar-refractivity contribution < 1.29 is 9.90 Å². The Labute approximate surface area is 122 Å². The van der Waals surface area contributed by atoms with Crippen LogP contribution in [0.4, 0.5) is 0 Å². The quantitative estimate of drug-likeness (QED) is 0.817. The number of aliphatic hydroxyl groups is 1. The van der Waals surface area contributed by atoms with Gasteiger partial charge >= 0.3 is 0 Å². The van der Waals surface area contributed by atoms with Crippen LogP contribution in [-0.2, 0) is 0 Å². The van der Waals surface area contributed by atoms with Gasteiger partial charge in [0.05, 0.1) is 6.61 Å². The van der Waals surface area contributed by atoms with Crippen LogP contribution in [0.25, 0.3) is 0 Å². The molecule has 1 aliphatic heterocycles. The van der Waals surface area contributed by atoms with E-state index in [1.807, 2.05) is 24.3 Å². The first-order valence-corrected chi connectivity index (χ1v) is 7.63. The van der Waals surface area contributed by atoms with Gasteiger partial charge in [-0.3, -0.25) is 9.69 Å². The van der Waals surface area contributed by atoms with Crippen LogP contribution in [0.5, 0.6) is 0 Å². The molecule has 1 aromatic rings. The zero-order chi connectivity index (χ0) is 13.7. The highest BCUT2D eigenvalue weighted by Crippen LogP contribution is 2.18. The highest BCUT2D eigenvalue weighted by Gasteiger charge is 2.23. The molecule has 0 saturated carbocycles. The van der Waals surface area contributed by atoms with Gasteiger partial charge < -0.3 is 5.11 Å². The summed E-state index contributed by atoms with van der Waals surface area (Å²) in [6, 6.07) is 7.82. The highest BCUT2D eigenvalue weighted by atomic mass is 79.9. The number of rotatable bonds is 6. The predicted octanol–water partition coefficient (Wildman–Crippen LogP) is 2.87. The van der Waals surface area contributed by atoms with Crippen LogP contribution >= 0.6 is 15.9 Å². The van der Waals surface area contributed by atoms with Gasteiger partial charge in [-0.25, -0.2) is 0 Å². The third-order valence-electron chi connectivity index (χ3n) is 3.73. The Hall–Kier alpha value is -0.710. The minimum absolute atomic E-state index is 0.201. The van der Waals surface area contributed by atoms with Crippen molar-refractivity contribution >= 4 is 21.7 Å². The topological polar surface area (TPSA) is 40.5 Å². The minimum Gasteiger partial charge on any atom is -0.395 e. The molecule has 4 heteroatoms. The maximum atomic E-state index is 12.0. The van der Waals surface area contributed by atoms with Gasteiger partial charge in [-0.2, -0.15) is 0 Å². The first-order valence-electron chi connectivity index (χ1n) is 6.84. The van der Waals surface area contributed by atoms with Gasteiger partial charge in [0.2, 0.25) is 0 Å². The number of nitrogens with zero attached hydrogens (tertiary/aromatic N) is 1. The Morgan fingerprint density at radius 1 is 1.37 bits per heavy atom. The van der Waals surface area contributed by atoms with E-state index in [4.69, 9.17) is 0 Å². The summed E-state index contributed by atoms with van der Waals surface area (Å²) in [7, 11) is 0. The minimum atomic E-state index is 0.201. The maximum Gasteiger partial charge on any atom is 0.162 e. The highest BCUT2D eigenvalue weighted by molar-refractivity contribution is 9.10. The number of ketones is 1. The lowest BCUT2D eigenvalue weighted by molar-refractivity contribution is 0.0969. The lowest BCUT2D eigenvalue weighted by Crippen LogP contribution is -2.33. The van der Waals surface area contributed by atoms with Crippen molar-refractivity contribution in [1.29, 1.82) is 0 Å². The van der Waals surface area contributed by atoms with Crippen LogP contribution in [0, 0.1) is 0 Å². The molecule has 3 nitrogen and oxygen atoms in total. The number of hydrogen-bond donors (Lipinski definition) is 1. The second-order valence-corrected chi connectivity index (χ2v) is 5.96. The Kier molecular flexibility index (Phi) is 5.55. The average Bonchev–Trinajstić information content (AvgIpc) is 2.87. The summed E-state index contributed by atoms with van der Waals surface area (Å²) in [5.41, 5.74) is 0.781. The summed E-state index contributed by atoms with van der Waals surface area (Å²) in [6.45, 7) is 2.20. The third kappa shape index (κ3) is 4.13. The molecule has 1 N–H and O–H groups in total. The van der Waals surface area contributed by atoms with Crippen molar-refractivity contribution in [3.8, 4) is 0 Å². The van der Waals surface area contributed by atoms with Crippen molar-refractivity contribution in [3.05, 3.63) is 34.3 Å². The number of likely N-dealkylation sites (tertiary alicyclic amines) is 1. The third-order valence-corrected chi connectivity index (χ3v) is 4.25. The van der Waals surface area contributed by atoms with Crippen molar-refractivity contribution in [1.82, 2.24) is 4.90 Å². The molecule has 2 rings (SSSR count). The molecule has 1 aliphatic rings. The molecular weight excluding hydrogens is 306 g/mol. The molecule has 19 heavy (non-hydrogen) atoms. The van der Waals surface area contributed by atoms with Crippen molar-refractivity contribution in [2.45, 2.75) is 31.7 Å². The van der Waals surface area contributed by atoms with Crippen LogP contribution in [0.3, 0.4) is 0 Å². The van der Waals surface area contributed by atoms with Crippen LogP contribution in [-0.4, -0.2) is 41.5 Å². The molecule has 1 saturated heterocycles. The average molecular weight is 326 g/mol. The fourth-order valence-electron chi connectivity index (χ4n) is 2.62. The number of carbonyl (C=O) groups excluding carboxylic acids is 1. The maximum absolute atomic E-state index is 12.0. The number of Topliss-reactive ketones (excluding diaryl/α,β-unsaturated/α-hetero) is 1. The summed E-state index contributed by atoms with van der Waals surface area (Å²) in [4.78, 5) is 14.3. The van der Waals surface area contributed by atoms with Crippen molar-refractivity contribution in [3.63, 3.8) is 0 Å². The lowest BCUT2D eigenvalue weighted by Gasteiger charge is -2.22. The van der Waals surface area contributed by atoms with E-state index in [2.05, 4.69) is 20.8 Å². The first kappa shape index (κ1) is 14.7. The number of hydrogen-bond acceptors (Lipinski definition) is 3. The molecule has 0 amide bonds. The second-order valence-electron chi connectivity index (χ2n) is 5.05.